The number of rotatable bonds is 4. The van der Waals surface area contributed by atoms with E-state index in [1.54, 1.807) is 24.3 Å². The quantitative estimate of drug-likeness (QED) is 0.859. The fourth-order valence-electron chi connectivity index (χ4n) is 1.55. The Labute approximate surface area is 130 Å². The van der Waals surface area contributed by atoms with Crippen molar-refractivity contribution in [3.8, 4) is 0 Å². The second kappa shape index (κ2) is 6.13. The molecule has 106 valence electrons. The number of nitrogens with one attached hydrogen (secondary N) is 1. The van der Waals surface area contributed by atoms with Gasteiger partial charge in [0.15, 0.2) is 0 Å². The Balaban J connectivity index is 2.27. The summed E-state index contributed by atoms with van der Waals surface area (Å²) in [5, 5.41) is 9.36. The minimum atomic E-state index is -3.67. The molecular formula is C13H11BrClNO3S. The van der Waals surface area contributed by atoms with Gasteiger partial charge in [-0.2, -0.15) is 0 Å². The first kappa shape index (κ1) is 15.3. The molecule has 0 aliphatic heterocycles. The van der Waals surface area contributed by atoms with Crippen LogP contribution >= 0.6 is 27.5 Å². The van der Waals surface area contributed by atoms with E-state index in [-0.39, 0.29) is 11.5 Å². The first-order valence-electron chi connectivity index (χ1n) is 5.60. The summed E-state index contributed by atoms with van der Waals surface area (Å²) in [6.45, 7) is -0.129. The van der Waals surface area contributed by atoms with E-state index in [0.29, 0.717) is 20.7 Å². The van der Waals surface area contributed by atoms with Crippen LogP contribution in [0.4, 0.5) is 5.69 Å². The number of benzene rings is 2. The Morgan fingerprint density at radius 3 is 2.35 bits per heavy atom. The molecule has 0 aromatic heterocycles. The van der Waals surface area contributed by atoms with E-state index in [1.165, 1.54) is 18.2 Å². The molecule has 2 N–H and O–H groups in total. The van der Waals surface area contributed by atoms with Gasteiger partial charge in [0, 0.05) is 4.47 Å². The van der Waals surface area contributed by atoms with Gasteiger partial charge in [0.05, 0.1) is 22.2 Å². The van der Waals surface area contributed by atoms with E-state index in [1.807, 2.05) is 0 Å². The largest absolute Gasteiger partial charge is 0.392 e. The summed E-state index contributed by atoms with van der Waals surface area (Å²) in [6.07, 6.45) is 0. The summed E-state index contributed by atoms with van der Waals surface area (Å²) in [5.74, 6) is 0. The molecule has 0 atom stereocenters. The first-order valence-corrected chi connectivity index (χ1v) is 8.25. The van der Waals surface area contributed by atoms with Crippen molar-refractivity contribution in [3.05, 3.63) is 57.5 Å². The highest BCUT2D eigenvalue weighted by atomic mass is 79.9. The van der Waals surface area contributed by atoms with Crippen LogP contribution in [0.1, 0.15) is 5.56 Å². The molecule has 4 nitrogen and oxygen atoms in total. The lowest BCUT2D eigenvalue weighted by atomic mass is 10.2. The SMILES string of the molecule is O=S(=O)(Nc1ccc(Br)c(Cl)c1)c1ccc(CO)cc1. The molecule has 0 aliphatic rings. The summed E-state index contributed by atoms with van der Waals surface area (Å²) >= 11 is 9.16. The Morgan fingerprint density at radius 1 is 1.15 bits per heavy atom. The number of halogens is 2. The Kier molecular flexibility index (Phi) is 4.70. The van der Waals surface area contributed by atoms with Crippen molar-refractivity contribution in [3.63, 3.8) is 0 Å². The molecule has 0 aliphatic carbocycles. The summed E-state index contributed by atoms with van der Waals surface area (Å²) < 4.78 is 27.5. The van der Waals surface area contributed by atoms with Crippen molar-refractivity contribution >= 4 is 43.2 Å². The average Bonchev–Trinajstić information content (AvgIpc) is 2.43. The van der Waals surface area contributed by atoms with Crippen LogP contribution in [0.3, 0.4) is 0 Å². The molecule has 20 heavy (non-hydrogen) atoms. The van der Waals surface area contributed by atoms with Gasteiger partial charge in [-0.25, -0.2) is 8.42 Å². The Bertz CT molecular complexity index is 717. The maximum Gasteiger partial charge on any atom is 0.261 e. The molecule has 7 heteroatoms. The van der Waals surface area contributed by atoms with E-state index in [4.69, 9.17) is 16.7 Å². The summed E-state index contributed by atoms with van der Waals surface area (Å²) in [6, 6.07) is 10.8. The van der Waals surface area contributed by atoms with Gasteiger partial charge in [-0.05, 0) is 51.8 Å². The molecule has 0 fully saturated rings. The maximum atomic E-state index is 12.2. The molecule has 0 heterocycles. The highest BCUT2D eigenvalue weighted by molar-refractivity contribution is 9.10. The molecule has 0 saturated heterocycles. The molecule has 0 bridgehead atoms. The lowest BCUT2D eigenvalue weighted by Gasteiger charge is -2.09. The normalized spacial score (nSPS) is 11.3. The van der Waals surface area contributed by atoms with Gasteiger partial charge in [0.25, 0.3) is 10.0 Å². The molecular weight excluding hydrogens is 366 g/mol. The Hall–Kier alpha value is -1.08. The predicted octanol–water partition coefficient (Wildman–Crippen LogP) is 3.40. The monoisotopic (exact) mass is 375 g/mol. The van der Waals surface area contributed by atoms with Crippen LogP contribution in [0.5, 0.6) is 0 Å². The van der Waals surface area contributed by atoms with E-state index in [0.717, 1.165) is 0 Å². The average molecular weight is 377 g/mol. The summed E-state index contributed by atoms with van der Waals surface area (Å²) in [7, 11) is -3.67. The smallest absolute Gasteiger partial charge is 0.261 e. The lowest BCUT2D eigenvalue weighted by molar-refractivity contribution is 0.282. The third-order valence-electron chi connectivity index (χ3n) is 2.59. The van der Waals surface area contributed by atoms with Crippen molar-refractivity contribution < 1.29 is 13.5 Å². The van der Waals surface area contributed by atoms with Crippen LogP contribution in [0.2, 0.25) is 5.02 Å². The van der Waals surface area contributed by atoms with Crippen LogP contribution in [0.25, 0.3) is 0 Å². The van der Waals surface area contributed by atoms with Crippen molar-refractivity contribution in [2.45, 2.75) is 11.5 Å². The van der Waals surface area contributed by atoms with Crippen LogP contribution in [0.15, 0.2) is 51.8 Å². The zero-order chi connectivity index (χ0) is 14.8. The van der Waals surface area contributed by atoms with Crippen LogP contribution < -0.4 is 4.72 Å². The minimum Gasteiger partial charge on any atom is -0.392 e. The second-order valence-corrected chi connectivity index (χ2v) is 6.98. The molecule has 0 unspecified atom stereocenters. The zero-order valence-corrected chi connectivity index (χ0v) is 13.3. The van der Waals surface area contributed by atoms with Gasteiger partial charge >= 0.3 is 0 Å². The third kappa shape index (κ3) is 3.52. The zero-order valence-electron chi connectivity index (χ0n) is 10.2. The number of anilines is 1. The first-order chi connectivity index (χ1) is 9.42. The summed E-state index contributed by atoms with van der Waals surface area (Å²) in [4.78, 5) is 0.119. The third-order valence-corrected chi connectivity index (χ3v) is 5.22. The van der Waals surface area contributed by atoms with E-state index in [9.17, 15) is 8.42 Å². The number of hydrogen-bond donors (Lipinski definition) is 2. The fraction of sp³-hybridized carbons (Fsp3) is 0.0769. The van der Waals surface area contributed by atoms with Crippen molar-refractivity contribution in [1.29, 1.82) is 0 Å². The van der Waals surface area contributed by atoms with E-state index >= 15 is 0 Å². The second-order valence-electron chi connectivity index (χ2n) is 4.04. The molecule has 2 rings (SSSR count). The molecule has 2 aromatic carbocycles. The number of hydrogen-bond acceptors (Lipinski definition) is 3. The van der Waals surface area contributed by atoms with Crippen LogP contribution in [0, 0.1) is 0 Å². The van der Waals surface area contributed by atoms with Gasteiger partial charge in [-0.15, -0.1) is 0 Å². The van der Waals surface area contributed by atoms with Crippen LogP contribution in [-0.4, -0.2) is 13.5 Å². The highest BCUT2D eigenvalue weighted by Gasteiger charge is 2.14. The van der Waals surface area contributed by atoms with Crippen LogP contribution in [-0.2, 0) is 16.6 Å². The topological polar surface area (TPSA) is 66.4 Å². The van der Waals surface area contributed by atoms with Gasteiger partial charge in [0.2, 0.25) is 0 Å². The number of aliphatic hydroxyl groups is 1. The predicted molar refractivity (Wildman–Crippen MR) is 82.3 cm³/mol. The molecule has 0 amide bonds. The van der Waals surface area contributed by atoms with Crippen molar-refractivity contribution in [2.75, 3.05) is 4.72 Å². The van der Waals surface area contributed by atoms with E-state index in [2.05, 4.69) is 20.7 Å². The van der Waals surface area contributed by atoms with Crippen molar-refractivity contribution in [1.82, 2.24) is 0 Å². The van der Waals surface area contributed by atoms with Gasteiger partial charge in [-0.3, -0.25) is 4.72 Å². The van der Waals surface area contributed by atoms with Crippen molar-refractivity contribution in [2.24, 2.45) is 0 Å². The fourth-order valence-corrected chi connectivity index (χ4v) is 3.02. The molecule has 0 saturated carbocycles. The highest BCUT2D eigenvalue weighted by Crippen LogP contribution is 2.26. The van der Waals surface area contributed by atoms with Gasteiger partial charge in [0.1, 0.15) is 0 Å². The molecule has 0 spiro atoms. The Morgan fingerprint density at radius 2 is 1.80 bits per heavy atom. The minimum absolute atomic E-state index is 0.119. The number of aliphatic hydroxyl groups excluding tert-OH is 1. The lowest BCUT2D eigenvalue weighted by Crippen LogP contribution is -2.12. The summed E-state index contributed by atoms with van der Waals surface area (Å²) in [5.41, 5.74) is 1.03. The number of sulfonamides is 1. The maximum absolute atomic E-state index is 12.2. The van der Waals surface area contributed by atoms with Gasteiger partial charge < -0.3 is 5.11 Å². The molecule has 2 aromatic rings. The molecule has 0 radical (unpaired) electrons. The standard InChI is InChI=1S/C13H11BrClNO3S/c14-12-6-3-10(7-13(12)15)16-20(18,19)11-4-1-9(8-17)2-5-11/h1-7,16-17H,8H2. The van der Waals surface area contributed by atoms with E-state index < -0.39 is 10.0 Å². The van der Waals surface area contributed by atoms with Gasteiger partial charge in [-0.1, -0.05) is 23.7 Å².